The number of hydrogen-bond acceptors (Lipinski definition) is 8. The number of carbonyl (C=O) groups is 2. The van der Waals surface area contributed by atoms with Gasteiger partial charge in [0.05, 0.1) is 28.8 Å². The lowest BCUT2D eigenvalue weighted by Crippen LogP contribution is -2.57. The average molecular weight is 743 g/mol. The molecule has 0 saturated carbocycles. The van der Waals surface area contributed by atoms with Gasteiger partial charge in [-0.3, -0.25) is 9.78 Å². The van der Waals surface area contributed by atoms with Crippen LogP contribution in [0.5, 0.6) is 0 Å². The number of aromatic nitrogens is 1. The summed E-state index contributed by atoms with van der Waals surface area (Å²) in [5.41, 5.74) is 3.12. The van der Waals surface area contributed by atoms with E-state index in [0.29, 0.717) is 31.6 Å². The van der Waals surface area contributed by atoms with Crippen LogP contribution in [0.3, 0.4) is 0 Å². The van der Waals surface area contributed by atoms with E-state index in [2.05, 4.69) is 15.5 Å². The summed E-state index contributed by atoms with van der Waals surface area (Å²) in [6, 6.07) is 23.1. The Bertz CT molecular complexity index is 1970. The zero-order valence-corrected chi connectivity index (χ0v) is 31.6. The number of rotatable bonds is 17. The number of pyridine rings is 1. The molecule has 1 aliphatic heterocycles. The average Bonchev–Trinajstić information content (AvgIpc) is 3.50. The molecule has 3 aromatic carbocycles. The van der Waals surface area contributed by atoms with Crippen LogP contribution in [0.4, 0.5) is 4.79 Å². The largest absolute Gasteiger partial charge is 0.411 e. The normalized spacial score (nSPS) is 16.1. The van der Waals surface area contributed by atoms with Crippen molar-refractivity contribution in [1.82, 2.24) is 24.4 Å². The van der Waals surface area contributed by atoms with Crippen molar-refractivity contribution >= 4 is 39.1 Å². The molecular formula is C40H50N6O6S. The third kappa shape index (κ3) is 9.58. The highest BCUT2D eigenvalue weighted by Crippen LogP contribution is 2.26. The van der Waals surface area contributed by atoms with Crippen molar-refractivity contribution in [3.63, 3.8) is 0 Å². The Kier molecular flexibility index (Phi) is 13.2. The monoisotopic (exact) mass is 742 g/mol. The van der Waals surface area contributed by atoms with Crippen LogP contribution >= 0.6 is 0 Å². The molecule has 282 valence electrons. The van der Waals surface area contributed by atoms with Crippen molar-refractivity contribution in [3.05, 3.63) is 108 Å². The van der Waals surface area contributed by atoms with Crippen LogP contribution < -0.4 is 5.32 Å². The van der Waals surface area contributed by atoms with Gasteiger partial charge in [-0.25, -0.2) is 13.2 Å². The summed E-state index contributed by atoms with van der Waals surface area (Å²) in [5, 5.41) is 27.8. The third-order valence-corrected chi connectivity index (χ3v) is 11.6. The first-order valence-electron chi connectivity index (χ1n) is 18.1. The quantitative estimate of drug-likeness (QED) is 0.0770. The van der Waals surface area contributed by atoms with E-state index in [4.69, 9.17) is 5.21 Å². The summed E-state index contributed by atoms with van der Waals surface area (Å²) in [6.07, 6.45) is 2.50. The number of urea groups is 1. The Morgan fingerprint density at radius 3 is 2.38 bits per heavy atom. The first kappa shape index (κ1) is 39.4. The van der Waals surface area contributed by atoms with E-state index in [1.54, 1.807) is 16.0 Å². The molecular weight excluding hydrogens is 693 g/mol. The Hall–Kier alpha value is -4.85. The summed E-state index contributed by atoms with van der Waals surface area (Å²) in [6.45, 7) is 8.69. The molecule has 4 atom stereocenters. The molecule has 0 aliphatic carbocycles. The van der Waals surface area contributed by atoms with E-state index >= 15 is 0 Å². The van der Waals surface area contributed by atoms with Crippen molar-refractivity contribution in [2.75, 3.05) is 26.2 Å². The zero-order valence-electron chi connectivity index (χ0n) is 30.7. The molecule has 53 heavy (non-hydrogen) atoms. The summed E-state index contributed by atoms with van der Waals surface area (Å²) in [4.78, 5) is 36.3. The molecule has 13 heteroatoms. The maximum Gasteiger partial charge on any atom is 0.321 e. The SMILES string of the molecule is CCC(C)C(C(=O)N[C@@H](Cc1ccccc1)[C@H](O)CN(CC(C)C)S(=O)(=O)c1ccc(/C=N/O)cc1)N1CCN(Cc2cccc3cccnc23)C1=O. The zero-order chi connectivity index (χ0) is 38.1. The minimum Gasteiger partial charge on any atom is -0.411 e. The van der Waals surface area contributed by atoms with Gasteiger partial charge in [-0.15, -0.1) is 0 Å². The van der Waals surface area contributed by atoms with Crippen molar-refractivity contribution in [2.24, 2.45) is 17.0 Å². The Morgan fingerprint density at radius 1 is 0.981 bits per heavy atom. The number of fused-ring (bicyclic) bond motifs is 1. The molecule has 0 spiro atoms. The number of nitrogens with one attached hydrogen (secondary N) is 1. The Morgan fingerprint density at radius 2 is 1.70 bits per heavy atom. The standard InChI is InChI=1S/C40H50N6O6S/c1-5-29(4)38(46-22-21-44(40(46)49)26-33-14-9-13-32-15-10-20-41-37(32)33)39(48)43-35(23-30-11-7-6-8-12-30)36(47)27-45(25-28(2)3)53(51,52)34-18-16-31(17-19-34)24-42-50/h6-20,24,28-29,35-36,38,47,50H,5,21-23,25-27H2,1-4H3,(H,43,48)/b42-24+/t29?,35-,36+,38?/m0/s1. The topological polar surface area (TPSA) is 156 Å². The number of oxime groups is 1. The smallest absolute Gasteiger partial charge is 0.321 e. The molecule has 2 unspecified atom stereocenters. The van der Waals surface area contributed by atoms with Gasteiger partial charge in [0.25, 0.3) is 0 Å². The van der Waals surface area contributed by atoms with E-state index in [-0.39, 0.29) is 42.3 Å². The van der Waals surface area contributed by atoms with Crippen LogP contribution in [-0.4, -0.2) is 100 Å². The number of carbonyl (C=O) groups excluding carboxylic acids is 2. The van der Waals surface area contributed by atoms with Gasteiger partial charge < -0.3 is 25.4 Å². The lowest BCUT2D eigenvalue weighted by atomic mass is 9.95. The summed E-state index contributed by atoms with van der Waals surface area (Å²) in [7, 11) is -4.07. The van der Waals surface area contributed by atoms with Crippen LogP contribution in [0.15, 0.2) is 101 Å². The van der Waals surface area contributed by atoms with Gasteiger partial charge in [-0.2, -0.15) is 4.31 Å². The van der Waals surface area contributed by atoms with Crippen LogP contribution in [-0.2, 0) is 27.8 Å². The lowest BCUT2D eigenvalue weighted by molar-refractivity contribution is -0.128. The fourth-order valence-corrected chi connectivity index (χ4v) is 8.43. The van der Waals surface area contributed by atoms with Gasteiger partial charge in [0, 0.05) is 44.3 Å². The molecule has 0 radical (unpaired) electrons. The summed E-state index contributed by atoms with van der Waals surface area (Å²) >= 11 is 0. The number of amides is 3. The van der Waals surface area contributed by atoms with Gasteiger partial charge in [0.2, 0.25) is 15.9 Å². The molecule has 1 aliphatic rings. The highest BCUT2D eigenvalue weighted by molar-refractivity contribution is 7.89. The second-order valence-electron chi connectivity index (χ2n) is 14.1. The highest BCUT2D eigenvalue weighted by atomic mass is 32.2. The van der Waals surface area contributed by atoms with Crippen LogP contribution in [0.1, 0.15) is 50.8 Å². The number of hydrogen-bond donors (Lipinski definition) is 3. The molecule has 3 amide bonds. The first-order chi connectivity index (χ1) is 25.4. The van der Waals surface area contributed by atoms with Gasteiger partial charge in [0.15, 0.2) is 0 Å². The molecule has 1 saturated heterocycles. The van der Waals surface area contributed by atoms with Crippen LogP contribution in [0.25, 0.3) is 10.9 Å². The molecule has 5 rings (SSSR count). The van der Waals surface area contributed by atoms with Gasteiger partial charge in [-0.05, 0) is 53.1 Å². The lowest BCUT2D eigenvalue weighted by Gasteiger charge is -2.35. The minimum atomic E-state index is -4.07. The van der Waals surface area contributed by atoms with E-state index in [1.807, 2.05) is 88.4 Å². The van der Waals surface area contributed by atoms with Crippen molar-refractivity contribution < 1.29 is 28.3 Å². The van der Waals surface area contributed by atoms with E-state index < -0.39 is 34.1 Å². The predicted octanol–water partition coefficient (Wildman–Crippen LogP) is 5.13. The van der Waals surface area contributed by atoms with Gasteiger partial charge in [-0.1, -0.05) is 106 Å². The number of sulfonamides is 1. The van der Waals surface area contributed by atoms with Gasteiger partial charge >= 0.3 is 6.03 Å². The molecule has 1 aromatic heterocycles. The van der Waals surface area contributed by atoms with Gasteiger partial charge in [0.1, 0.15) is 6.04 Å². The maximum absolute atomic E-state index is 14.4. The van der Waals surface area contributed by atoms with Crippen LogP contribution in [0.2, 0.25) is 0 Å². The predicted molar refractivity (Wildman–Crippen MR) is 205 cm³/mol. The van der Waals surface area contributed by atoms with Crippen LogP contribution in [0, 0.1) is 11.8 Å². The molecule has 4 aromatic rings. The number of aliphatic hydroxyl groups is 1. The summed E-state index contributed by atoms with van der Waals surface area (Å²) < 4.78 is 29.1. The molecule has 3 N–H and O–H groups in total. The first-order valence-corrected chi connectivity index (χ1v) is 19.5. The maximum atomic E-state index is 14.4. The second kappa shape index (κ2) is 17.8. The van der Waals surface area contributed by atoms with E-state index in [1.165, 1.54) is 34.8 Å². The van der Waals surface area contributed by atoms with Crippen molar-refractivity contribution in [2.45, 2.75) is 70.2 Å². The number of aliphatic hydroxyl groups excluding tert-OH is 1. The Balaban J connectivity index is 1.39. The fourth-order valence-electron chi connectivity index (χ4n) is 6.81. The molecule has 12 nitrogen and oxygen atoms in total. The van der Waals surface area contributed by atoms with E-state index in [0.717, 1.165) is 22.0 Å². The number of benzene rings is 3. The summed E-state index contributed by atoms with van der Waals surface area (Å²) in [5.74, 6) is -0.673. The molecule has 0 bridgehead atoms. The third-order valence-electron chi connectivity index (χ3n) is 9.77. The highest BCUT2D eigenvalue weighted by Gasteiger charge is 2.41. The van der Waals surface area contributed by atoms with E-state index in [9.17, 15) is 23.1 Å². The Labute approximate surface area is 312 Å². The number of nitrogens with zero attached hydrogens (tertiary/aromatic N) is 5. The van der Waals surface area contributed by atoms with Crippen molar-refractivity contribution in [1.29, 1.82) is 0 Å². The molecule has 2 heterocycles. The number of para-hydroxylation sites is 1. The fraction of sp³-hybridized carbons (Fsp3) is 0.400. The molecule has 1 fully saturated rings. The van der Waals surface area contributed by atoms with Crippen molar-refractivity contribution in [3.8, 4) is 0 Å². The minimum absolute atomic E-state index is 0.0253. The second-order valence-corrected chi connectivity index (χ2v) is 16.1.